The van der Waals surface area contributed by atoms with Crippen molar-refractivity contribution in [2.45, 2.75) is 52.4 Å². The Hall–Kier alpha value is -1.33. The first-order valence-corrected chi connectivity index (χ1v) is 8.48. The van der Waals surface area contributed by atoms with Crippen molar-refractivity contribution in [2.24, 2.45) is 0 Å². The van der Waals surface area contributed by atoms with E-state index < -0.39 is 10.0 Å². The van der Waals surface area contributed by atoms with E-state index >= 15 is 0 Å². The maximum atomic E-state index is 13.1. The molecule has 0 saturated heterocycles. The van der Waals surface area contributed by atoms with Gasteiger partial charge in [-0.05, 0) is 49.9 Å². The molecule has 0 aliphatic heterocycles. The highest BCUT2D eigenvalue weighted by atomic mass is 35.5. The Morgan fingerprint density at radius 1 is 1.05 bits per heavy atom. The van der Waals surface area contributed by atoms with Crippen LogP contribution in [0.1, 0.15) is 47.8 Å². The maximum absolute atomic E-state index is 13.1. The van der Waals surface area contributed by atoms with Crippen molar-refractivity contribution in [1.29, 1.82) is 0 Å². The monoisotopic (exact) mass is 342 g/mol. The van der Waals surface area contributed by atoms with Gasteiger partial charge in [0.15, 0.2) is 0 Å². The van der Waals surface area contributed by atoms with Gasteiger partial charge in [-0.25, -0.2) is 17.4 Å². The second-order valence-electron chi connectivity index (χ2n) is 5.83. The van der Waals surface area contributed by atoms with E-state index in [-0.39, 0.29) is 18.3 Å². The number of hydrogen-bond acceptors (Lipinski definition) is 3. The van der Waals surface area contributed by atoms with E-state index in [0.29, 0.717) is 10.7 Å². The third-order valence-electron chi connectivity index (χ3n) is 3.97. The molecule has 1 heterocycles. The molecule has 0 atom stereocenters. The van der Waals surface area contributed by atoms with E-state index in [2.05, 4.69) is 4.98 Å². The lowest BCUT2D eigenvalue weighted by atomic mass is 10.0. The van der Waals surface area contributed by atoms with Gasteiger partial charge in [0.25, 0.3) is 10.0 Å². The molecule has 2 rings (SSSR count). The fraction of sp³-hybridized carbons (Fsp3) is 0.438. The van der Waals surface area contributed by atoms with Gasteiger partial charge in [0.2, 0.25) is 0 Å². The third kappa shape index (κ3) is 2.92. The third-order valence-corrected chi connectivity index (χ3v) is 5.92. The van der Waals surface area contributed by atoms with Crippen LogP contribution in [0.25, 0.3) is 0 Å². The standard InChI is InChI=1S/C16H22N2O2S.ClH/c1-10(2)16-17-7-8-18(16)21(19,20)15-13(5)11(3)9-12(4)14(15)6;/h7-10H,1-6H3;1H. The van der Waals surface area contributed by atoms with Crippen molar-refractivity contribution >= 4 is 22.4 Å². The molecule has 0 saturated carbocycles. The van der Waals surface area contributed by atoms with Crippen LogP contribution in [0.4, 0.5) is 0 Å². The van der Waals surface area contributed by atoms with E-state index in [9.17, 15) is 8.42 Å². The highest BCUT2D eigenvalue weighted by Crippen LogP contribution is 2.29. The Morgan fingerprint density at radius 2 is 1.55 bits per heavy atom. The van der Waals surface area contributed by atoms with Crippen LogP contribution in [0.5, 0.6) is 0 Å². The zero-order valence-corrected chi connectivity index (χ0v) is 15.5. The predicted octanol–water partition coefficient (Wildman–Crippen LogP) is 3.90. The molecule has 2 aromatic rings. The van der Waals surface area contributed by atoms with Crippen molar-refractivity contribution in [3.63, 3.8) is 0 Å². The number of halogens is 1. The molecule has 22 heavy (non-hydrogen) atoms. The van der Waals surface area contributed by atoms with Crippen molar-refractivity contribution in [3.05, 3.63) is 46.5 Å². The Morgan fingerprint density at radius 3 is 2.00 bits per heavy atom. The molecule has 4 nitrogen and oxygen atoms in total. The molecular weight excluding hydrogens is 320 g/mol. The van der Waals surface area contributed by atoms with Crippen molar-refractivity contribution in [2.75, 3.05) is 0 Å². The molecule has 0 radical (unpaired) electrons. The highest BCUT2D eigenvalue weighted by molar-refractivity contribution is 7.90. The van der Waals surface area contributed by atoms with Crippen LogP contribution in [-0.4, -0.2) is 17.4 Å². The summed E-state index contributed by atoms with van der Waals surface area (Å²) >= 11 is 0. The molecule has 0 aliphatic rings. The molecule has 122 valence electrons. The Labute approximate surface area is 139 Å². The number of imidazole rings is 1. The largest absolute Gasteiger partial charge is 0.269 e. The van der Waals surface area contributed by atoms with Gasteiger partial charge >= 0.3 is 0 Å². The van der Waals surface area contributed by atoms with E-state index in [0.717, 1.165) is 22.3 Å². The summed E-state index contributed by atoms with van der Waals surface area (Å²) in [6.45, 7) is 11.5. The minimum Gasteiger partial charge on any atom is -0.240 e. The second-order valence-corrected chi connectivity index (χ2v) is 7.58. The fourth-order valence-electron chi connectivity index (χ4n) is 2.58. The molecule has 0 bridgehead atoms. The zero-order chi connectivity index (χ0) is 15.9. The van der Waals surface area contributed by atoms with Gasteiger partial charge in [-0.15, -0.1) is 12.4 Å². The van der Waals surface area contributed by atoms with Gasteiger partial charge in [0, 0.05) is 18.3 Å². The van der Waals surface area contributed by atoms with Crippen LogP contribution in [0.2, 0.25) is 0 Å². The number of rotatable bonds is 3. The van der Waals surface area contributed by atoms with Crippen molar-refractivity contribution in [1.82, 2.24) is 8.96 Å². The average molecular weight is 343 g/mol. The minimum atomic E-state index is -3.62. The SMILES string of the molecule is Cc1cc(C)c(C)c(S(=O)(=O)n2ccnc2C(C)C)c1C.Cl. The lowest BCUT2D eigenvalue weighted by Crippen LogP contribution is -2.19. The minimum absolute atomic E-state index is 0. The molecule has 0 aliphatic carbocycles. The highest BCUT2D eigenvalue weighted by Gasteiger charge is 2.26. The van der Waals surface area contributed by atoms with Crippen LogP contribution in [0, 0.1) is 27.7 Å². The van der Waals surface area contributed by atoms with Crippen molar-refractivity contribution in [3.8, 4) is 0 Å². The van der Waals surface area contributed by atoms with Crippen LogP contribution in [0.3, 0.4) is 0 Å². The zero-order valence-electron chi connectivity index (χ0n) is 13.8. The smallest absolute Gasteiger partial charge is 0.240 e. The van der Waals surface area contributed by atoms with Gasteiger partial charge in [-0.1, -0.05) is 19.9 Å². The van der Waals surface area contributed by atoms with E-state index in [4.69, 9.17) is 0 Å². The number of hydrogen-bond donors (Lipinski definition) is 0. The van der Waals surface area contributed by atoms with Crippen LogP contribution < -0.4 is 0 Å². The Bertz CT molecular complexity index is 766. The summed E-state index contributed by atoms with van der Waals surface area (Å²) in [4.78, 5) is 4.60. The van der Waals surface area contributed by atoms with Gasteiger partial charge in [0.1, 0.15) is 5.82 Å². The van der Waals surface area contributed by atoms with E-state index in [1.807, 2.05) is 47.6 Å². The van der Waals surface area contributed by atoms with Crippen LogP contribution in [0.15, 0.2) is 23.4 Å². The summed E-state index contributed by atoms with van der Waals surface area (Å²) in [6.07, 6.45) is 3.07. The topological polar surface area (TPSA) is 52.0 Å². The Balaban J connectivity index is 0.00000242. The number of aryl methyl sites for hydroxylation is 2. The van der Waals surface area contributed by atoms with Gasteiger partial charge in [0.05, 0.1) is 4.90 Å². The first-order chi connectivity index (χ1) is 9.67. The first kappa shape index (κ1) is 18.7. The van der Waals surface area contributed by atoms with Gasteiger partial charge in [-0.2, -0.15) is 0 Å². The van der Waals surface area contributed by atoms with Gasteiger partial charge < -0.3 is 0 Å². The maximum Gasteiger partial charge on any atom is 0.269 e. The first-order valence-electron chi connectivity index (χ1n) is 7.04. The predicted molar refractivity (Wildman–Crippen MR) is 91.5 cm³/mol. The molecule has 0 unspecified atom stereocenters. The summed E-state index contributed by atoms with van der Waals surface area (Å²) < 4.78 is 27.5. The quantitative estimate of drug-likeness (QED) is 0.850. The normalized spacial score (nSPS) is 11.6. The molecule has 0 fully saturated rings. The van der Waals surface area contributed by atoms with Crippen LogP contribution in [-0.2, 0) is 10.0 Å². The molecular formula is C16H23ClN2O2S. The van der Waals surface area contributed by atoms with Gasteiger partial charge in [-0.3, -0.25) is 0 Å². The number of nitrogens with zero attached hydrogens (tertiary/aromatic N) is 2. The molecule has 1 aromatic heterocycles. The summed E-state index contributed by atoms with van der Waals surface area (Å²) in [5, 5.41) is 0. The Kier molecular flexibility index (Phi) is 5.47. The molecule has 0 N–H and O–H groups in total. The lowest BCUT2D eigenvalue weighted by Gasteiger charge is -2.18. The summed E-state index contributed by atoms with van der Waals surface area (Å²) in [7, 11) is -3.62. The molecule has 0 amide bonds. The van der Waals surface area contributed by atoms with E-state index in [1.165, 1.54) is 10.2 Å². The molecule has 6 heteroatoms. The lowest BCUT2D eigenvalue weighted by molar-refractivity contribution is 0.580. The molecule has 1 aromatic carbocycles. The molecule has 0 spiro atoms. The van der Waals surface area contributed by atoms with Crippen LogP contribution >= 0.6 is 12.4 Å². The second kappa shape index (κ2) is 6.42. The number of aromatic nitrogens is 2. The van der Waals surface area contributed by atoms with Crippen molar-refractivity contribution < 1.29 is 8.42 Å². The summed E-state index contributed by atoms with van der Waals surface area (Å²) in [5.74, 6) is 0.606. The fourth-order valence-corrected chi connectivity index (χ4v) is 4.59. The van der Waals surface area contributed by atoms with E-state index in [1.54, 1.807) is 6.20 Å². The number of benzene rings is 1. The summed E-state index contributed by atoms with van der Waals surface area (Å²) in [5.41, 5.74) is 3.59. The summed E-state index contributed by atoms with van der Waals surface area (Å²) in [6, 6.07) is 2.03. The average Bonchev–Trinajstić information content (AvgIpc) is 2.86.